The van der Waals surface area contributed by atoms with Gasteiger partial charge in [-0.25, -0.2) is 0 Å². The Morgan fingerprint density at radius 2 is 1.87 bits per heavy atom. The Labute approximate surface area is 139 Å². The predicted octanol–water partition coefficient (Wildman–Crippen LogP) is 2.50. The smallest absolute Gasteiger partial charge is 0.273 e. The molecule has 23 heavy (non-hydrogen) atoms. The number of amides is 1. The fourth-order valence-electron chi connectivity index (χ4n) is 1.83. The number of H-pyrrole nitrogens is 1. The minimum Gasteiger partial charge on any atom is -0.325 e. The van der Waals surface area contributed by atoms with Crippen LogP contribution in [0.25, 0.3) is 0 Å². The van der Waals surface area contributed by atoms with Crippen LogP contribution < -0.4 is 10.9 Å². The van der Waals surface area contributed by atoms with Gasteiger partial charge in [0.1, 0.15) is 5.69 Å². The maximum atomic E-state index is 11.9. The largest absolute Gasteiger partial charge is 0.325 e. The fourth-order valence-corrected chi connectivity index (χ4v) is 2.43. The van der Waals surface area contributed by atoms with E-state index in [1.165, 1.54) is 5.56 Å². The highest BCUT2D eigenvalue weighted by Gasteiger charge is 2.13. The molecule has 122 valence electrons. The summed E-state index contributed by atoms with van der Waals surface area (Å²) in [5, 5.41) is 10.7. The number of aromatic nitrogens is 3. The lowest BCUT2D eigenvalue weighted by molar-refractivity contribution is -0.113. The molecule has 2 rings (SSSR count). The Morgan fingerprint density at radius 1 is 1.22 bits per heavy atom. The van der Waals surface area contributed by atoms with Crippen LogP contribution in [0.1, 0.15) is 32.0 Å². The van der Waals surface area contributed by atoms with Crippen LogP contribution >= 0.6 is 11.8 Å². The number of aromatic amines is 1. The van der Waals surface area contributed by atoms with E-state index in [0.29, 0.717) is 10.9 Å². The highest BCUT2D eigenvalue weighted by Crippen LogP contribution is 2.23. The molecular weight excluding hydrogens is 312 g/mol. The van der Waals surface area contributed by atoms with Crippen molar-refractivity contribution in [3.63, 3.8) is 0 Å². The summed E-state index contributed by atoms with van der Waals surface area (Å²) in [4.78, 5) is 25.9. The first-order valence-electron chi connectivity index (χ1n) is 7.22. The Hall–Kier alpha value is -2.15. The van der Waals surface area contributed by atoms with Crippen LogP contribution in [0.3, 0.4) is 0 Å². The van der Waals surface area contributed by atoms with Gasteiger partial charge in [0.05, 0.1) is 5.75 Å². The summed E-state index contributed by atoms with van der Waals surface area (Å²) in [7, 11) is 0. The number of anilines is 1. The number of nitrogens with one attached hydrogen (secondary N) is 2. The summed E-state index contributed by atoms with van der Waals surface area (Å²) in [6.45, 7) is 8.00. The third-order valence-corrected chi connectivity index (χ3v) is 4.08. The summed E-state index contributed by atoms with van der Waals surface area (Å²) >= 11 is 1.14. The average Bonchev–Trinajstić information content (AvgIpc) is 2.48. The second-order valence-corrected chi connectivity index (χ2v) is 7.17. The minimum atomic E-state index is -0.291. The highest BCUT2D eigenvalue weighted by molar-refractivity contribution is 7.99. The van der Waals surface area contributed by atoms with Crippen molar-refractivity contribution in [2.75, 3.05) is 11.1 Å². The molecule has 0 aliphatic heterocycles. The van der Waals surface area contributed by atoms with Crippen molar-refractivity contribution in [3.8, 4) is 0 Å². The minimum absolute atomic E-state index is 0.0778. The molecule has 1 aromatic carbocycles. The predicted molar refractivity (Wildman–Crippen MR) is 91.9 cm³/mol. The molecule has 0 atom stereocenters. The SMILES string of the molecule is Cc1nnc(SCC(=O)Nc2ccc(C(C)(C)C)cc2)[nH]c1=O. The summed E-state index contributed by atoms with van der Waals surface area (Å²) in [6.07, 6.45) is 0. The van der Waals surface area contributed by atoms with Gasteiger partial charge in [0.25, 0.3) is 5.56 Å². The molecule has 0 fully saturated rings. The van der Waals surface area contributed by atoms with E-state index in [1.807, 2.05) is 24.3 Å². The van der Waals surface area contributed by atoms with Crippen molar-refractivity contribution in [3.05, 3.63) is 45.9 Å². The molecule has 0 aliphatic carbocycles. The molecule has 1 heterocycles. The first-order valence-corrected chi connectivity index (χ1v) is 8.21. The van der Waals surface area contributed by atoms with Crippen LogP contribution in [-0.4, -0.2) is 26.8 Å². The van der Waals surface area contributed by atoms with Gasteiger partial charge >= 0.3 is 0 Å². The second-order valence-electron chi connectivity index (χ2n) is 6.21. The molecule has 0 radical (unpaired) electrons. The van der Waals surface area contributed by atoms with Gasteiger partial charge in [-0.3, -0.25) is 14.6 Å². The molecule has 0 saturated heterocycles. The van der Waals surface area contributed by atoms with E-state index in [9.17, 15) is 9.59 Å². The van der Waals surface area contributed by atoms with E-state index < -0.39 is 0 Å². The lowest BCUT2D eigenvalue weighted by Gasteiger charge is -2.19. The zero-order valence-electron chi connectivity index (χ0n) is 13.6. The number of rotatable bonds is 4. The number of carbonyl (C=O) groups is 1. The molecule has 1 amide bonds. The Balaban J connectivity index is 1.92. The summed E-state index contributed by atoms with van der Waals surface area (Å²) in [5.41, 5.74) is 2.04. The topological polar surface area (TPSA) is 87.7 Å². The monoisotopic (exact) mass is 332 g/mol. The van der Waals surface area contributed by atoms with Gasteiger partial charge in [-0.1, -0.05) is 44.7 Å². The molecule has 0 bridgehead atoms. The number of thioether (sulfide) groups is 1. The van der Waals surface area contributed by atoms with Crippen molar-refractivity contribution < 1.29 is 4.79 Å². The van der Waals surface area contributed by atoms with Gasteiger partial charge in [0, 0.05) is 5.69 Å². The number of hydrogen-bond donors (Lipinski definition) is 2. The van der Waals surface area contributed by atoms with Gasteiger partial charge in [0.15, 0.2) is 5.16 Å². The van der Waals surface area contributed by atoms with E-state index in [1.54, 1.807) is 6.92 Å². The fraction of sp³-hybridized carbons (Fsp3) is 0.375. The molecule has 2 N–H and O–H groups in total. The second kappa shape index (κ2) is 6.95. The Bertz CT molecular complexity index is 748. The Kier molecular flexibility index (Phi) is 5.20. The van der Waals surface area contributed by atoms with Crippen LogP contribution in [0.4, 0.5) is 5.69 Å². The molecule has 2 aromatic rings. The molecule has 0 spiro atoms. The molecular formula is C16H20N4O2S. The highest BCUT2D eigenvalue weighted by atomic mass is 32.2. The van der Waals surface area contributed by atoms with Crippen molar-refractivity contribution >= 4 is 23.4 Å². The van der Waals surface area contributed by atoms with E-state index in [2.05, 4.69) is 41.3 Å². The van der Waals surface area contributed by atoms with Gasteiger partial charge in [0.2, 0.25) is 5.91 Å². The summed E-state index contributed by atoms with van der Waals surface area (Å²) in [6, 6.07) is 7.78. The van der Waals surface area contributed by atoms with Gasteiger partial charge in [-0.15, -0.1) is 10.2 Å². The normalized spacial score (nSPS) is 11.3. The van der Waals surface area contributed by atoms with E-state index >= 15 is 0 Å². The lowest BCUT2D eigenvalue weighted by atomic mass is 9.87. The first kappa shape index (κ1) is 17.2. The lowest BCUT2D eigenvalue weighted by Crippen LogP contribution is -2.17. The third-order valence-electron chi connectivity index (χ3n) is 3.21. The maximum absolute atomic E-state index is 11.9. The van der Waals surface area contributed by atoms with E-state index in [-0.39, 0.29) is 22.6 Å². The zero-order valence-corrected chi connectivity index (χ0v) is 14.5. The molecule has 0 aliphatic rings. The van der Waals surface area contributed by atoms with Crippen molar-refractivity contribution in [2.45, 2.75) is 38.3 Å². The number of hydrogen-bond acceptors (Lipinski definition) is 5. The number of benzene rings is 1. The zero-order chi connectivity index (χ0) is 17.0. The quantitative estimate of drug-likeness (QED) is 0.840. The van der Waals surface area contributed by atoms with Crippen LogP contribution in [0.2, 0.25) is 0 Å². The van der Waals surface area contributed by atoms with Crippen molar-refractivity contribution in [1.29, 1.82) is 0 Å². The van der Waals surface area contributed by atoms with Crippen LogP contribution in [0.5, 0.6) is 0 Å². The number of carbonyl (C=O) groups excluding carboxylic acids is 1. The maximum Gasteiger partial charge on any atom is 0.273 e. The summed E-state index contributed by atoms with van der Waals surface area (Å²) in [5.74, 6) is -0.0175. The molecule has 6 nitrogen and oxygen atoms in total. The number of nitrogens with zero attached hydrogens (tertiary/aromatic N) is 2. The van der Waals surface area contributed by atoms with E-state index in [4.69, 9.17) is 0 Å². The summed E-state index contributed by atoms with van der Waals surface area (Å²) < 4.78 is 0. The number of aryl methyl sites for hydroxylation is 1. The van der Waals surface area contributed by atoms with Gasteiger partial charge < -0.3 is 5.32 Å². The molecule has 0 saturated carbocycles. The van der Waals surface area contributed by atoms with Crippen molar-refractivity contribution in [1.82, 2.24) is 15.2 Å². The van der Waals surface area contributed by atoms with Crippen molar-refractivity contribution in [2.24, 2.45) is 0 Å². The molecule has 0 unspecified atom stereocenters. The first-order chi connectivity index (χ1) is 10.8. The van der Waals surface area contributed by atoms with Crippen LogP contribution in [0.15, 0.2) is 34.2 Å². The van der Waals surface area contributed by atoms with Gasteiger partial charge in [-0.2, -0.15) is 0 Å². The average molecular weight is 332 g/mol. The molecule has 1 aromatic heterocycles. The Morgan fingerprint density at radius 3 is 2.43 bits per heavy atom. The van der Waals surface area contributed by atoms with Gasteiger partial charge in [-0.05, 0) is 30.0 Å². The molecule has 7 heteroatoms. The van der Waals surface area contributed by atoms with Crippen LogP contribution in [0, 0.1) is 6.92 Å². The third kappa shape index (κ3) is 4.92. The van der Waals surface area contributed by atoms with E-state index in [0.717, 1.165) is 17.4 Å². The standard InChI is InChI=1S/C16H20N4O2S/c1-10-14(22)18-15(20-19-10)23-9-13(21)17-12-7-5-11(6-8-12)16(2,3)4/h5-8H,9H2,1-4H3,(H,17,21)(H,18,20,22). The van der Waals surface area contributed by atoms with Crippen LogP contribution in [-0.2, 0) is 10.2 Å².